The Hall–Kier alpha value is -5.44. The Morgan fingerprint density at radius 1 is 0.659 bits per heavy atom. The molecule has 14 heteroatoms. The monoisotopic (exact) mass is 610 g/mol. The van der Waals surface area contributed by atoms with E-state index in [9.17, 15) is 56.2 Å². The Bertz CT molecular complexity index is 1770. The van der Waals surface area contributed by atoms with E-state index in [4.69, 9.17) is 14.2 Å². The molecule has 4 aromatic rings. The van der Waals surface area contributed by atoms with Crippen molar-refractivity contribution in [2.24, 2.45) is 0 Å². The molecule has 0 aromatic heterocycles. The molecule has 0 unspecified atom stereocenters. The predicted molar refractivity (Wildman–Crippen MR) is 146 cm³/mol. The second-order valence-electron chi connectivity index (χ2n) is 10.5. The highest BCUT2D eigenvalue weighted by molar-refractivity contribution is 5.57. The van der Waals surface area contributed by atoms with Gasteiger partial charge in [0.15, 0.2) is 41.0 Å². The molecule has 0 aliphatic carbocycles. The topological polar surface area (TPSA) is 250 Å². The molecule has 0 fully saturated rings. The second kappa shape index (κ2) is 10.1. The zero-order valence-corrected chi connectivity index (χ0v) is 22.4. The highest BCUT2D eigenvalue weighted by atomic mass is 16.7. The maximum atomic E-state index is 11.6. The van der Waals surface area contributed by atoms with Gasteiger partial charge in [-0.2, -0.15) is 0 Å². The second-order valence-corrected chi connectivity index (χ2v) is 10.5. The number of phenolic OH excluding ortho intramolecular Hbond substituents is 9. The van der Waals surface area contributed by atoms with Gasteiger partial charge in [-0.3, -0.25) is 0 Å². The van der Waals surface area contributed by atoms with E-state index in [1.807, 2.05) is 0 Å². The van der Waals surface area contributed by atoms with Crippen molar-refractivity contribution >= 4 is 0 Å². The van der Waals surface area contributed by atoms with Crippen molar-refractivity contribution in [3.05, 3.63) is 76.9 Å². The van der Waals surface area contributed by atoms with Crippen LogP contribution in [-0.2, 0) is 16.9 Å². The Balaban J connectivity index is 1.56. The fourth-order valence-corrected chi connectivity index (χ4v) is 5.54. The normalized spacial score (nSPS) is 24.0. The van der Waals surface area contributed by atoms with Gasteiger partial charge in [-0.05, 0) is 29.8 Å². The van der Waals surface area contributed by atoms with Crippen molar-refractivity contribution in [1.29, 1.82) is 0 Å². The van der Waals surface area contributed by atoms with Gasteiger partial charge in [0.1, 0.15) is 46.7 Å². The molecule has 2 aliphatic heterocycles. The van der Waals surface area contributed by atoms with Crippen LogP contribution in [0.4, 0.5) is 0 Å². The lowest BCUT2D eigenvalue weighted by Crippen LogP contribution is -2.55. The van der Waals surface area contributed by atoms with Crippen LogP contribution < -0.4 is 9.47 Å². The third-order valence-electron chi connectivity index (χ3n) is 7.64. The van der Waals surface area contributed by atoms with E-state index < -0.39 is 70.4 Å². The summed E-state index contributed by atoms with van der Waals surface area (Å²) in [5.74, 6) is -8.39. The molecule has 44 heavy (non-hydrogen) atoms. The molecular weight excluding hydrogens is 584 g/mol. The van der Waals surface area contributed by atoms with Crippen LogP contribution in [-0.4, -0.2) is 68.4 Å². The molecule has 0 radical (unpaired) electrons. The van der Waals surface area contributed by atoms with E-state index in [2.05, 4.69) is 0 Å². The van der Waals surface area contributed by atoms with E-state index >= 15 is 0 Å². The minimum atomic E-state index is -2.59. The average Bonchev–Trinajstić information content (AvgIpc) is 2.95. The summed E-state index contributed by atoms with van der Waals surface area (Å²) < 4.78 is 18.6. The van der Waals surface area contributed by atoms with Crippen molar-refractivity contribution in [3.8, 4) is 63.2 Å². The van der Waals surface area contributed by atoms with E-state index in [0.29, 0.717) is 0 Å². The lowest BCUT2D eigenvalue weighted by Gasteiger charge is -2.47. The van der Waals surface area contributed by atoms with Crippen LogP contribution >= 0.6 is 0 Å². The van der Waals surface area contributed by atoms with Gasteiger partial charge in [0, 0.05) is 41.8 Å². The Morgan fingerprint density at radius 3 is 1.95 bits per heavy atom. The lowest BCUT2D eigenvalue weighted by atomic mass is 9.86. The van der Waals surface area contributed by atoms with Crippen LogP contribution in [0.5, 0.6) is 63.2 Å². The summed E-state index contributed by atoms with van der Waals surface area (Å²) in [6.45, 7) is 0. The van der Waals surface area contributed by atoms with Gasteiger partial charge >= 0.3 is 0 Å². The molecule has 2 heterocycles. The minimum absolute atomic E-state index is 0.0271. The van der Waals surface area contributed by atoms with Crippen molar-refractivity contribution in [3.63, 3.8) is 0 Å². The SMILES string of the molecule is Oc1cc(O)c2c(c1)O[C@@H](c1ccc(O)c(O)c1)[C@H](O[C@@]1(c3cc(O)c(O)c(O)c3)Oc3cc(O)cc(O)c3[C@@H](O)[C@H]1O)C2. The molecule has 11 N–H and O–H groups in total. The number of rotatable bonds is 4. The third kappa shape index (κ3) is 4.48. The summed E-state index contributed by atoms with van der Waals surface area (Å²) >= 11 is 0. The molecule has 0 spiro atoms. The molecule has 14 nitrogen and oxygen atoms in total. The van der Waals surface area contributed by atoms with Gasteiger partial charge in [-0.25, -0.2) is 0 Å². The van der Waals surface area contributed by atoms with Crippen LogP contribution in [0, 0.1) is 0 Å². The summed E-state index contributed by atoms with van der Waals surface area (Å²) in [7, 11) is 0. The minimum Gasteiger partial charge on any atom is -0.508 e. The molecule has 230 valence electrons. The summed E-state index contributed by atoms with van der Waals surface area (Å²) in [4.78, 5) is 0. The van der Waals surface area contributed by atoms with Gasteiger partial charge < -0.3 is 70.4 Å². The number of hydrogen-bond acceptors (Lipinski definition) is 14. The van der Waals surface area contributed by atoms with E-state index in [0.717, 1.165) is 36.4 Å². The van der Waals surface area contributed by atoms with Crippen molar-refractivity contribution < 1.29 is 70.4 Å². The number of hydrogen-bond donors (Lipinski definition) is 11. The molecular formula is C30H26O14. The van der Waals surface area contributed by atoms with Gasteiger partial charge in [-0.1, -0.05) is 6.07 Å². The van der Waals surface area contributed by atoms with Crippen molar-refractivity contribution in [2.75, 3.05) is 0 Å². The van der Waals surface area contributed by atoms with Gasteiger partial charge in [-0.15, -0.1) is 0 Å². The number of ether oxygens (including phenoxy) is 3. The van der Waals surface area contributed by atoms with Crippen LogP contribution in [0.15, 0.2) is 54.6 Å². The zero-order valence-electron chi connectivity index (χ0n) is 22.4. The molecule has 4 aromatic carbocycles. The smallest absolute Gasteiger partial charge is 0.267 e. The number of aliphatic hydroxyl groups is 2. The number of aliphatic hydroxyl groups excluding tert-OH is 2. The Kier molecular flexibility index (Phi) is 6.57. The number of fused-ring (bicyclic) bond motifs is 2. The molecule has 0 bridgehead atoms. The van der Waals surface area contributed by atoms with Crippen LogP contribution in [0.3, 0.4) is 0 Å². The standard InChI is InChI=1S/C30H26O14/c31-13-6-17(34)15-10-24(28(42-22(15)8-13)11-1-2-16(33)18(35)3-11)44-30(12-4-20(37)26(39)21(38)5-12)29(41)27(40)25-19(36)7-14(32)9-23(25)43-30/h1-9,24,27-29,31-41H,10H2/t24-,27-,28+,29-,30-/m1/s1. The first-order valence-electron chi connectivity index (χ1n) is 13.1. The van der Waals surface area contributed by atoms with Crippen LogP contribution in [0.1, 0.15) is 34.5 Å². The molecule has 0 saturated carbocycles. The number of phenols is 9. The lowest BCUT2D eigenvalue weighted by molar-refractivity contribution is -0.307. The molecule has 2 aliphatic rings. The average molecular weight is 611 g/mol. The van der Waals surface area contributed by atoms with Crippen molar-refractivity contribution in [2.45, 2.75) is 36.6 Å². The van der Waals surface area contributed by atoms with Gasteiger partial charge in [0.25, 0.3) is 5.79 Å². The highest BCUT2D eigenvalue weighted by Gasteiger charge is 2.56. The summed E-state index contributed by atoms with van der Waals surface area (Å²) in [6, 6.07) is 9.67. The fourth-order valence-electron chi connectivity index (χ4n) is 5.54. The highest BCUT2D eigenvalue weighted by Crippen LogP contribution is 2.54. The van der Waals surface area contributed by atoms with Gasteiger partial charge in [0.05, 0.1) is 5.56 Å². The van der Waals surface area contributed by atoms with Crippen molar-refractivity contribution in [1.82, 2.24) is 0 Å². The summed E-state index contributed by atoms with van der Waals surface area (Å²) in [6.07, 6.45) is -6.89. The van der Waals surface area contributed by atoms with Crippen LogP contribution in [0.2, 0.25) is 0 Å². The van der Waals surface area contributed by atoms with Gasteiger partial charge in [0.2, 0.25) is 0 Å². The fraction of sp³-hybridized carbons (Fsp3) is 0.200. The summed E-state index contributed by atoms with van der Waals surface area (Å²) in [5.41, 5.74) is -0.328. The Morgan fingerprint density at radius 2 is 1.30 bits per heavy atom. The number of benzene rings is 4. The molecule has 6 rings (SSSR count). The molecule has 0 amide bonds. The first-order chi connectivity index (χ1) is 20.8. The predicted octanol–water partition coefficient (Wildman–Crippen LogP) is 2.44. The van der Waals surface area contributed by atoms with Crippen LogP contribution in [0.25, 0.3) is 0 Å². The summed E-state index contributed by atoms with van der Waals surface area (Å²) in [5, 5.41) is 115. The Labute approximate surface area is 247 Å². The number of aromatic hydroxyl groups is 9. The maximum absolute atomic E-state index is 11.6. The third-order valence-corrected chi connectivity index (χ3v) is 7.64. The maximum Gasteiger partial charge on any atom is 0.267 e. The quantitative estimate of drug-likeness (QED) is 0.149. The molecule has 5 atom stereocenters. The zero-order chi connectivity index (χ0) is 31.7. The van der Waals surface area contributed by atoms with E-state index in [1.54, 1.807) is 0 Å². The largest absolute Gasteiger partial charge is 0.508 e. The van der Waals surface area contributed by atoms with E-state index in [-0.39, 0.29) is 51.7 Å². The first-order valence-corrected chi connectivity index (χ1v) is 13.1. The van der Waals surface area contributed by atoms with E-state index in [1.165, 1.54) is 18.2 Å². The first kappa shape index (κ1) is 28.7. The molecule has 0 saturated heterocycles.